The number of rotatable bonds is 5. The van der Waals surface area contributed by atoms with E-state index in [1.165, 1.54) is 37.9 Å². The Kier molecular flexibility index (Phi) is 4.82. The van der Waals surface area contributed by atoms with Gasteiger partial charge in [0.1, 0.15) is 0 Å². The average molecular weight is 251 g/mol. The van der Waals surface area contributed by atoms with E-state index in [4.69, 9.17) is 0 Å². The van der Waals surface area contributed by atoms with Crippen LogP contribution in [0.25, 0.3) is 0 Å². The molecule has 2 heterocycles. The van der Waals surface area contributed by atoms with Crippen molar-refractivity contribution in [2.24, 2.45) is 0 Å². The van der Waals surface area contributed by atoms with Gasteiger partial charge in [-0.15, -0.1) is 0 Å². The Labute approximate surface area is 112 Å². The number of hydrogen-bond acceptors (Lipinski definition) is 3. The van der Waals surface area contributed by atoms with Crippen LogP contribution < -0.4 is 5.32 Å². The van der Waals surface area contributed by atoms with Crippen molar-refractivity contribution in [2.45, 2.75) is 51.2 Å². The van der Waals surface area contributed by atoms with E-state index >= 15 is 0 Å². The molecule has 2 rings (SSSR count). The molecular weight excluding hydrogens is 222 g/mol. The number of hydrogen-bond donors (Lipinski definition) is 1. The molecule has 0 radical (unpaired) electrons. The van der Waals surface area contributed by atoms with Gasteiger partial charge in [0.15, 0.2) is 0 Å². The largest absolute Gasteiger partial charge is 0.311 e. The van der Waals surface area contributed by atoms with Crippen LogP contribution in [0.2, 0.25) is 0 Å². The third-order valence-corrected chi connectivity index (χ3v) is 4.44. The monoisotopic (exact) mass is 251 g/mol. The number of fused-ring (bicyclic) bond motifs is 2. The highest BCUT2D eigenvalue weighted by molar-refractivity contribution is 5.02. The molecule has 18 heavy (non-hydrogen) atoms. The van der Waals surface area contributed by atoms with Crippen molar-refractivity contribution >= 4 is 0 Å². The fourth-order valence-corrected chi connectivity index (χ4v) is 3.24. The summed E-state index contributed by atoms with van der Waals surface area (Å²) in [6.45, 7) is 13.1. The summed E-state index contributed by atoms with van der Waals surface area (Å²) in [6.07, 6.45) is 4.12. The number of likely N-dealkylation sites (N-methyl/N-ethyl adjacent to an activating group) is 1. The fourth-order valence-electron chi connectivity index (χ4n) is 3.24. The molecule has 3 nitrogen and oxygen atoms in total. The standard InChI is InChI=1S/C15H29N3/c1-12(2)16-9-13(3)10-18-8-7-14-5-6-15(11-18)17(14)4/h12,14-16H,3,5-11H2,1-2,4H3. The van der Waals surface area contributed by atoms with Gasteiger partial charge in [-0.05, 0) is 31.9 Å². The van der Waals surface area contributed by atoms with Crippen molar-refractivity contribution in [1.29, 1.82) is 0 Å². The average Bonchev–Trinajstić information content (AvgIpc) is 2.55. The van der Waals surface area contributed by atoms with Gasteiger partial charge in [-0.3, -0.25) is 9.80 Å². The lowest BCUT2D eigenvalue weighted by Crippen LogP contribution is -2.38. The van der Waals surface area contributed by atoms with E-state index < -0.39 is 0 Å². The van der Waals surface area contributed by atoms with Gasteiger partial charge in [-0.25, -0.2) is 0 Å². The number of nitrogens with zero attached hydrogens (tertiary/aromatic N) is 2. The molecule has 0 spiro atoms. The molecule has 2 aliphatic rings. The van der Waals surface area contributed by atoms with Crippen molar-refractivity contribution in [3.8, 4) is 0 Å². The summed E-state index contributed by atoms with van der Waals surface area (Å²) in [6, 6.07) is 2.17. The second kappa shape index (κ2) is 6.18. The Morgan fingerprint density at radius 3 is 2.72 bits per heavy atom. The van der Waals surface area contributed by atoms with Gasteiger partial charge < -0.3 is 5.32 Å². The molecule has 0 aliphatic carbocycles. The molecule has 104 valence electrons. The molecule has 0 aromatic heterocycles. The van der Waals surface area contributed by atoms with E-state index in [1.54, 1.807) is 0 Å². The third-order valence-electron chi connectivity index (χ3n) is 4.44. The van der Waals surface area contributed by atoms with Crippen LogP contribution in [0.4, 0.5) is 0 Å². The normalized spacial score (nSPS) is 29.8. The summed E-state index contributed by atoms with van der Waals surface area (Å²) in [5.74, 6) is 0. The topological polar surface area (TPSA) is 18.5 Å². The highest BCUT2D eigenvalue weighted by Crippen LogP contribution is 2.28. The maximum Gasteiger partial charge on any atom is 0.0223 e. The Morgan fingerprint density at radius 1 is 1.28 bits per heavy atom. The molecule has 2 unspecified atom stereocenters. The van der Waals surface area contributed by atoms with Gasteiger partial charge in [0.05, 0.1) is 0 Å². The molecule has 1 N–H and O–H groups in total. The van der Waals surface area contributed by atoms with Crippen LogP contribution in [-0.2, 0) is 0 Å². The zero-order valence-corrected chi connectivity index (χ0v) is 12.3. The van der Waals surface area contributed by atoms with E-state index in [0.29, 0.717) is 6.04 Å². The fraction of sp³-hybridized carbons (Fsp3) is 0.867. The van der Waals surface area contributed by atoms with Crippen LogP contribution in [0.1, 0.15) is 33.1 Å². The van der Waals surface area contributed by atoms with E-state index in [1.807, 2.05) is 0 Å². The van der Waals surface area contributed by atoms with E-state index in [9.17, 15) is 0 Å². The first-order chi connectivity index (χ1) is 8.56. The van der Waals surface area contributed by atoms with E-state index in [-0.39, 0.29) is 0 Å². The van der Waals surface area contributed by atoms with Gasteiger partial charge >= 0.3 is 0 Å². The van der Waals surface area contributed by atoms with E-state index in [0.717, 1.165) is 25.2 Å². The molecule has 2 aliphatic heterocycles. The first kappa shape index (κ1) is 14.0. The summed E-state index contributed by atoms with van der Waals surface area (Å²) in [7, 11) is 2.31. The van der Waals surface area contributed by atoms with Crippen LogP contribution in [-0.4, -0.2) is 61.2 Å². The van der Waals surface area contributed by atoms with Gasteiger partial charge in [0.2, 0.25) is 0 Å². The lowest BCUT2D eigenvalue weighted by Gasteiger charge is -2.26. The molecule has 2 fully saturated rings. The quantitative estimate of drug-likeness (QED) is 0.751. The lowest BCUT2D eigenvalue weighted by molar-refractivity contribution is 0.226. The smallest absolute Gasteiger partial charge is 0.0223 e. The first-order valence-corrected chi connectivity index (χ1v) is 7.40. The number of likely N-dealkylation sites (tertiary alicyclic amines) is 1. The summed E-state index contributed by atoms with van der Waals surface area (Å²) < 4.78 is 0. The van der Waals surface area contributed by atoms with Gasteiger partial charge in [0.25, 0.3) is 0 Å². The van der Waals surface area contributed by atoms with Crippen LogP contribution in [0.5, 0.6) is 0 Å². The van der Waals surface area contributed by atoms with Crippen molar-refractivity contribution < 1.29 is 0 Å². The van der Waals surface area contributed by atoms with Gasteiger partial charge in [0, 0.05) is 44.3 Å². The molecular formula is C15H29N3. The Morgan fingerprint density at radius 2 is 2.00 bits per heavy atom. The summed E-state index contributed by atoms with van der Waals surface area (Å²) in [5.41, 5.74) is 1.32. The molecule has 2 bridgehead atoms. The second-order valence-electron chi connectivity index (χ2n) is 6.36. The molecule has 0 aromatic rings. The van der Waals surface area contributed by atoms with Crippen LogP contribution >= 0.6 is 0 Å². The van der Waals surface area contributed by atoms with Gasteiger partial charge in [-0.2, -0.15) is 0 Å². The van der Waals surface area contributed by atoms with Gasteiger partial charge in [-0.1, -0.05) is 20.4 Å². The lowest BCUT2D eigenvalue weighted by atomic mass is 10.1. The molecule has 2 atom stereocenters. The van der Waals surface area contributed by atoms with Crippen molar-refractivity contribution in [1.82, 2.24) is 15.1 Å². The van der Waals surface area contributed by atoms with Crippen LogP contribution in [0.3, 0.4) is 0 Å². The Bertz CT molecular complexity index is 287. The third kappa shape index (κ3) is 3.56. The SMILES string of the molecule is C=C(CNC(C)C)CN1CCC2CCC(C1)N2C. The zero-order chi connectivity index (χ0) is 13.1. The minimum Gasteiger partial charge on any atom is -0.311 e. The van der Waals surface area contributed by atoms with Crippen LogP contribution in [0.15, 0.2) is 12.2 Å². The molecule has 0 aromatic carbocycles. The molecule has 0 amide bonds. The summed E-state index contributed by atoms with van der Waals surface area (Å²) >= 11 is 0. The molecule has 3 heteroatoms. The summed E-state index contributed by atoms with van der Waals surface area (Å²) in [4.78, 5) is 5.21. The highest BCUT2D eigenvalue weighted by atomic mass is 15.3. The summed E-state index contributed by atoms with van der Waals surface area (Å²) in [5, 5.41) is 3.46. The van der Waals surface area contributed by atoms with Crippen LogP contribution in [0, 0.1) is 0 Å². The minimum atomic E-state index is 0.549. The minimum absolute atomic E-state index is 0.549. The second-order valence-corrected chi connectivity index (χ2v) is 6.36. The predicted molar refractivity (Wildman–Crippen MR) is 77.9 cm³/mol. The van der Waals surface area contributed by atoms with Crippen molar-refractivity contribution in [3.63, 3.8) is 0 Å². The maximum atomic E-state index is 4.21. The molecule has 0 saturated carbocycles. The molecule has 2 saturated heterocycles. The Hall–Kier alpha value is -0.380. The predicted octanol–water partition coefficient (Wildman–Crippen LogP) is 1.71. The first-order valence-electron chi connectivity index (χ1n) is 7.40. The Balaban J connectivity index is 1.78. The zero-order valence-electron chi connectivity index (χ0n) is 12.3. The van der Waals surface area contributed by atoms with Crippen molar-refractivity contribution in [3.05, 3.63) is 12.2 Å². The highest BCUT2D eigenvalue weighted by Gasteiger charge is 2.34. The number of nitrogens with one attached hydrogen (secondary N) is 1. The maximum absolute atomic E-state index is 4.21. The van der Waals surface area contributed by atoms with E-state index in [2.05, 4.69) is 42.6 Å². The van der Waals surface area contributed by atoms with Crippen molar-refractivity contribution in [2.75, 3.05) is 33.2 Å².